The van der Waals surface area contributed by atoms with E-state index in [1.165, 1.54) is 20.3 Å². The molecule has 0 radical (unpaired) electrons. The Labute approximate surface area is 196 Å². The number of likely N-dealkylation sites (tertiary alicyclic amines) is 1. The van der Waals surface area contributed by atoms with Crippen LogP contribution in [-0.2, 0) is 10.0 Å². The highest BCUT2D eigenvalue weighted by Gasteiger charge is 2.27. The number of hydrogen-bond acceptors (Lipinski definition) is 6. The SMILES string of the molecule is COc1cc(Br)c(S(=O)(=O)Nc2ccc(Cl)c(O[C@@H]3CCN(C(C)C)C3)c2)cc1OC. The van der Waals surface area contributed by atoms with Crippen LogP contribution in [0, 0.1) is 0 Å². The standard InChI is InChI=1S/C21H26BrClN2O5S/c1-13(2)25-8-7-15(12-25)30-18-9-14(5-6-17(18)23)24-31(26,27)21-11-20(29-4)19(28-3)10-16(21)22/h5-6,9-11,13,15,24H,7-8,12H2,1-4H3/t15-/m1/s1. The summed E-state index contributed by atoms with van der Waals surface area (Å²) in [5.41, 5.74) is 0.347. The molecule has 10 heteroatoms. The van der Waals surface area contributed by atoms with Crippen LogP contribution in [0.25, 0.3) is 0 Å². The van der Waals surface area contributed by atoms with Gasteiger partial charge in [-0.2, -0.15) is 0 Å². The number of hydrogen-bond donors (Lipinski definition) is 1. The van der Waals surface area contributed by atoms with E-state index < -0.39 is 10.0 Å². The highest BCUT2D eigenvalue weighted by molar-refractivity contribution is 9.10. The van der Waals surface area contributed by atoms with Crippen LogP contribution >= 0.6 is 27.5 Å². The largest absolute Gasteiger partial charge is 0.493 e. The van der Waals surface area contributed by atoms with Crippen molar-refractivity contribution in [3.63, 3.8) is 0 Å². The molecule has 1 fully saturated rings. The van der Waals surface area contributed by atoms with E-state index in [0.717, 1.165) is 19.5 Å². The van der Waals surface area contributed by atoms with E-state index in [-0.39, 0.29) is 11.0 Å². The monoisotopic (exact) mass is 532 g/mol. The van der Waals surface area contributed by atoms with Crippen molar-refractivity contribution in [1.82, 2.24) is 4.90 Å². The van der Waals surface area contributed by atoms with Crippen molar-refractivity contribution in [2.45, 2.75) is 37.3 Å². The third-order valence-electron chi connectivity index (χ3n) is 5.11. The van der Waals surface area contributed by atoms with E-state index in [9.17, 15) is 8.42 Å². The first-order valence-electron chi connectivity index (χ1n) is 9.79. The fraction of sp³-hybridized carbons (Fsp3) is 0.429. The Kier molecular flexibility index (Phi) is 7.62. The van der Waals surface area contributed by atoms with E-state index >= 15 is 0 Å². The normalized spacial score (nSPS) is 17.1. The summed E-state index contributed by atoms with van der Waals surface area (Å²) in [7, 11) is -0.989. The van der Waals surface area contributed by atoms with Gasteiger partial charge in [0, 0.05) is 35.7 Å². The lowest BCUT2D eigenvalue weighted by Crippen LogP contribution is -2.30. The van der Waals surface area contributed by atoms with E-state index in [4.69, 9.17) is 25.8 Å². The Morgan fingerprint density at radius 2 is 1.81 bits per heavy atom. The van der Waals surface area contributed by atoms with Crippen molar-refractivity contribution < 1.29 is 22.6 Å². The first-order chi connectivity index (χ1) is 14.6. The molecule has 0 aliphatic carbocycles. The maximum Gasteiger partial charge on any atom is 0.263 e. The van der Waals surface area contributed by atoms with Gasteiger partial charge in [0.25, 0.3) is 10.0 Å². The van der Waals surface area contributed by atoms with Gasteiger partial charge in [0.15, 0.2) is 11.5 Å². The number of rotatable bonds is 8. The molecule has 31 heavy (non-hydrogen) atoms. The quantitative estimate of drug-likeness (QED) is 0.526. The summed E-state index contributed by atoms with van der Waals surface area (Å²) in [4.78, 5) is 2.35. The van der Waals surface area contributed by atoms with Crippen molar-refractivity contribution in [3.05, 3.63) is 39.8 Å². The Hall–Kier alpha value is -1.68. The molecule has 1 aliphatic heterocycles. The second-order valence-electron chi connectivity index (χ2n) is 7.51. The lowest BCUT2D eigenvalue weighted by Gasteiger charge is -2.21. The molecule has 3 rings (SSSR count). The van der Waals surface area contributed by atoms with Crippen LogP contribution in [0.2, 0.25) is 5.02 Å². The predicted molar refractivity (Wildman–Crippen MR) is 125 cm³/mol. The average Bonchev–Trinajstić information content (AvgIpc) is 3.18. The molecule has 1 aliphatic rings. The highest BCUT2D eigenvalue weighted by Crippen LogP contribution is 2.37. The van der Waals surface area contributed by atoms with E-state index in [1.807, 2.05) is 0 Å². The Bertz CT molecular complexity index is 1050. The number of benzene rings is 2. The lowest BCUT2D eigenvalue weighted by atomic mass is 10.3. The number of nitrogens with one attached hydrogen (secondary N) is 1. The van der Waals surface area contributed by atoms with E-state index in [2.05, 4.69) is 39.4 Å². The molecule has 1 heterocycles. The second kappa shape index (κ2) is 9.85. The molecule has 7 nitrogen and oxygen atoms in total. The molecule has 0 spiro atoms. The summed E-state index contributed by atoms with van der Waals surface area (Å²) in [5.74, 6) is 1.17. The summed E-state index contributed by atoms with van der Waals surface area (Å²) in [5, 5.41) is 0.429. The first kappa shape index (κ1) is 24.0. The van der Waals surface area contributed by atoms with E-state index in [0.29, 0.717) is 38.5 Å². The van der Waals surface area contributed by atoms with Crippen LogP contribution in [0.15, 0.2) is 39.7 Å². The molecule has 170 valence electrons. The second-order valence-corrected chi connectivity index (χ2v) is 10.4. The zero-order valence-electron chi connectivity index (χ0n) is 17.8. The fourth-order valence-electron chi connectivity index (χ4n) is 3.41. The van der Waals surface area contributed by atoms with Gasteiger partial charge in [-0.1, -0.05) is 11.6 Å². The summed E-state index contributed by atoms with van der Waals surface area (Å²) in [6.07, 6.45) is 0.898. The zero-order chi connectivity index (χ0) is 22.8. The maximum atomic E-state index is 13.0. The number of anilines is 1. The molecule has 0 aromatic heterocycles. The van der Waals surface area contributed by atoms with Crippen molar-refractivity contribution in [2.24, 2.45) is 0 Å². The van der Waals surface area contributed by atoms with Crippen LogP contribution in [0.5, 0.6) is 17.2 Å². The third kappa shape index (κ3) is 5.58. The smallest absolute Gasteiger partial charge is 0.263 e. The number of methoxy groups -OCH3 is 2. The van der Waals surface area contributed by atoms with Crippen LogP contribution in [-0.4, -0.2) is 52.8 Å². The number of nitrogens with zero attached hydrogens (tertiary/aromatic N) is 1. The summed E-state index contributed by atoms with van der Waals surface area (Å²) < 4.78 is 45.5. The van der Waals surface area contributed by atoms with E-state index in [1.54, 1.807) is 24.3 Å². The maximum absolute atomic E-state index is 13.0. The van der Waals surface area contributed by atoms with Gasteiger partial charge in [-0.25, -0.2) is 8.42 Å². The summed E-state index contributed by atoms with van der Waals surface area (Å²) in [6, 6.07) is 8.21. The molecule has 0 saturated carbocycles. The van der Waals surface area contributed by atoms with Gasteiger partial charge < -0.3 is 14.2 Å². The molecule has 0 unspecified atom stereocenters. The molecule has 2 aromatic carbocycles. The topological polar surface area (TPSA) is 77.1 Å². The van der Waals surface area contributed by atoms with Gasteiger partial charge in [-0.05, 0) is 54.4 Å². The van der Waals surface area contributed by atoms with Crippen molar-refractivity contribution in [2.75, 3.05) is 32.0 Å². The fourth-order valence-corrected chi connectivity index (χ4v) is 5.66. The minimum atomic E-state index is -3.92. The molecular formula is C21H26BrClN2O5S. The van der Waals surface area contributed by atoms with Crippen LogP contribution in [0.3, 0.4) is 0 Å². The average molecular weight is 534 g/mol. The van der Waals surface area contributed by atoms with Gasteiger partial charge in [-0.15, -0.1) is 0 Å². The van der Waals surface area contributed by atoms with Gasteiger partial charge in [-0.3, -0.25) is 9.62 Å². The number of ether oxygens (including phenoxy) is 3. The molecule has 0 amide bonds. The summed E-state index contributed by atoms with van der Waals surface area (Å²) in [6.45, 7) is 6.07. The van der Waals surface area contributed by atoms with Crippen LogP contribution in [0.4, 0.5) is 5.69 Å². The first-order valence-corrected chi connectivity index (χ1v) is 12.4. The molecule has 1 saturated heterocycles. The van der Waals surface area contributed by atoms with Crippen molar-refractivity contribution in [1.29, 1.82) is 0 Å². The predicted octanol–water partition coefficient (Wildman–Crippen LogP) is 4.78. The summed E-state index contributed by atoms with van der Waals surface area (Å²) >= 11 is 9.60. The Morgan fingerprint density at radius 1 is 1.13 bits per heavy atom. The zero-order valence-corrected chi connectivity index (χ0v) is 21.0. The molecule has 1 atom stereocenters. The molecule has 0 bridgehead atoms. The molecular weight excluding hydrogens is 508 g/mol. The minimum Gasteiger partial charge on any atom is -0.493 e. The Balaban J connectivity index is 1.82. The van der Waals surface area contributed by atoms with Crippen molar-refractivity contribution >= 4 is 43.2 Å². The van der Waals surface area contributed by atoms with Crippen molar-refractivity contribution in [3.8, 4) is 17.2 Å². The minimum absolute atomic E-state index is 0.00625. The van der Waals surface area contributed by atoms with Gasteiger partial charge in [0.1, 0.15) is 16.7 Å². The highest BCUT2D eigenvalue weighted by atomic mass is 79.9. The van der Waals surface area contributed by atoms with Crippen LogP contribution in [0.1, 0.15) is 20.3 Å². The van der Waals surface area contributed by atoms with Gasteiger partial charge >= 0.3 is 0 Å². The lowest BCUT2D eigenvalue weighted by molar-refractivity contribution is 0.187. The van der Waals surface area contributed by atoms with Gasteiger partial charge in [0.2, 0.25) is 0 Å². The van der Waals surface area contributed by atoms with Gasteiger partial charge in [0.05, 0.1) is 24.9 Å². The molecule has 1 N–H and O–H groups in total. The number of sulfonamides is 1. The van der Waals surface area contributed by atoms with Crippen LogP contribution < -0.4 is 18.9 Å². The third-order valence-corrected chi connectivity index (χ3v) is 7.76. The molecule has 2 aromatic rings. The number of halogens is 2. The Morgan fingerprint density at radius 3 is 2.42 bits per heavy atom.